The molecule has 0 radical (unpaired) electrons. The van der Waals surface area contributed by atoms with Crippen molar-refractivity contribution in [3.63, 3.8) is 0 Å². The van der Waals surface area contributed by atoms with Gasteiger partial charge in [-0.2, -0.15) is 0 Å². The van der Waals surface area contributed by atoms with Crippen molar-refractivity contribution >= 4 is 5.96 Å². The molecule has 0 unspecified atom stereocenters. The summed E-state index contributed by atoms with van der Waals surface area (Å²) in [5.74, 6) is 1.18. The van der Waals surface area contributed by atoms with Crippen molar-refractivity contribution in [3.05, 3.63) is 23.8 Å². The van der Waals surface area contributed by atoms with Crippen LogP contribution in [0.1, 0.15) is 37.7 Å². The standard InChI is InChI=1S/C16H25N3O2/c1-21-14-9-5-6-12(15(14)20)10-11-18-16(17)19-13-7-3-2-4-8-13/h5-6,9,13,20H,2-4,7-8,10-11H2,1H3,(H3,17,18,19). The Morgan fingerprint density at radius 2 is 2.14 bits per heavy atom. The van der Waals surface area contributed by atoms with Crippen molar-refractivity contribution in [2.45, 2.75) is 44.6 Å². The molecule has 2 rings (SSSR count). The minimum absolute atomic E-state index is 0.189. The number of guanidine groups is 1. The van der Waals surface area contributed by atoms with Crippen LogP contribution in [0.25, 0.3) is 0 Å². The number of phenols is 1. The summed E-state index contributed by atoms with van der Waals surface area (Å²) in [6.45, 7) is 0.548. The van der Waals surface area contributed by atoms with Gasteiger partial charge < -0.3 is 20.9 Å². The van der Waals surface area contributed by atoms with E-state index in [4.69, 9.17) is 10.5 Å². The van der Waals surface area contributed by atoms with Gasteiger partial charge in [0.05, 0.1) is 7.11 Å². The van der Waals surface area contributed by atoms with Crippen LogP contribution in [0, 0.1) is 0 Å². The first-order chi connectivity index (χ1) is 10.2. The Bertz CT molecular complexity index is 482. The summed E-state index contributed by atoms with van der Waals surface area (Å²) in [6.07, 6.45) is 6.84. The van der Waals surface area contributed by atoms with Crippen molar-refractivity contribution in [1.82, 2.24) is 5.32 Å². The van der Waals surface area contributed by atoms with E-state index in [1.807, 2.05) is 12.1 Å². The number of rotatable bonds is 5. The van der Waals surface area contributed by atoms with Gasteiger partial charge in [-0.1, -0.05) is 31.4 Å². The van der Waals surface area contributed by atoms with Gasteiger partial charge in [-0.15, -0.1) is 0 Å². The van der Waals surface area contributed by atoms with Gasteiger partial charge in [0, 0.05) is 12.6 Å². The molecule has 21 heavy (non-hydrogen) atoms. The number of hydrogen-bond donors (Lipinski definition) is 3. The predicted molar refractivity (Wildman–Crippen MR) is 84.9 cm³/mol. The first-order valence-corrected chi connectivity index (χ1v) is 7.62. The highest BCUT2D eigenvalue weighted by Gasteiger charge is 2.13. The maximum Gasteiger partial charge on any atom is 0.188 e. The molecule has 0 aromatic heterocycles. The molecule has 5 heteroatoms. The molecule has 1 aromatic rings. The van der Waals surface area contributed by atoms with E-state index >= 15 is 0 Å². The highest BCUT2D eigenvalue weighted by Crippen LogP contribution is 2.29. The second kappa shape index (κ2) is 7.76. The van der Waals surface area contributed by atoms with Gasteiger partial charge in [0.15, 0.2) is 17.5 Å². The lowest BCUT2D eigenvalue weighted by Crippen LogP contribution is -2.41. The molecular formula is C16H25N3O2. The summed E-state index contributed by atoms with van der Waals surface area (Å²) in [5.41, 5.74) is 6.74. The number of hydrogen-bond acceptors (Lipinski definition) is 3. The maximum atomic E-state index is 9.99. The van der Waals surface area contributed by atoms with Crippen LogP contribution in [0.2, 0.25) is 0 Å². The van der Waals surface area contributed by atoms with Crippen LogP contribution >= 0.6 is 0 Å². The van der Waals surface area contributed by atoms with Crippen molar-refractivity contribution in [2.75, 3.05) is 13.7 Å². The van der Waals surface area contributed by atoms with Crippen LogP contribution in [0.3, 0.4) is 0 Å². The van der Waals surface area contributed by atoms with Gasteiger partial charge in [0.1, 0.15) is 0 Å². The highest BCUT2D eigenvalue weighted by atomic mass is 16.5. The molecule has 1 aromatic carbocycles. The summed E-state index contributed by atoms with van der Waals surface area (Å²) >= 11 is 0. The Hall–Kier alpha value is -1.91. The van der Waals surface area contributed by atoms with E-state index in [1.54, 1.807) is 13.2 Å². The Morgan fingerprint density at radius 1 is 1.38 bits per heavy atom. The highest BCUT2D eigenvalue weighted by molar-refractivity contribution is 5.78. The van der Waals surface area contributed by atoms with Crippen LogP contribution in [-0.4, -0.2) is 30.8 Å². The summed E-state index contributed by atoms with van der Waals surface area (Å²) in [5, 5.41) is 13.3. The number of benzene rings is 1. The Balaban J connectivity index is 1.83. The number of para-hydroxylation sites is 1. The van der Waals surface area contributed by atoms with Gasteiger partial charge in [-0.05, 0) is 30.9 Å². The molecule has 5 nitrogen and oxygen atoms in total. The van der Waals surface area contributed by atoms with E-state index in [-0.39, 0.29) is 5.75 Å². The molecule has 0 amide bonds. The minimum Gasteiger partial charge on any atom is -0.504 e. The molecule has 0 spiro atoms. The summed E-state index contributed by atoms with van der Waals surface area (Å²) in [4.78, 5) is 4.34. The van der Waals surface area contributed by atoms with E-state index in [9.17, 15) is 5.11 Å². The zero-order valence-corrected chi connectivity index (χ0v) is 12.6. The molecule has 1 aliphatic rings. The molecular weight excluding hydrogens is 266 g/mol. The fraction of sp³-hybridized carbons (Fsp3) is 0.562. The minimum atomic E-state index is 0.189. The van der Waals surface area contributed by atoms with Gasteiger partial charge in [0.25, 0.3) is 0 Å². The number of nitrogens with one attached hydrogen (secondary N) is 1. The largest absolute Gasteiger partial charge is 0.504 e. The number of aromatic hydroxyl groups is 1. The van der Waals surface area contributed by atoms with E-state index in [0.29, 0.717) is 30.7 Å². The fourth-order valence-corrected chi connectivity index (χ4v) is 2.73. The topological polar surface area (TPSA) is 79.9 Å². The second-order valence-corrected chi connectivity index (χ2v) is 5.46. The first kappa shape index (κ1) is 15.5. The first-order valence-electron chi connectivity index (χ1n) is 7.62. The molecule has 0 bridgehead atoms. The Morgan fingerprint density at radius 3 is 2.86 bits per heavy atom. The van der Waals surface area contributed by atoms with Gasteiger partial charge >= 0.3 is 0 Å². The average Bonchev–Trinajstić information content (AvgIpc) is 2.50. The maximum absolute atomic E-state index is 9.99. The zero-order chi connectivity index (χ0) is 15.1. The van der Waals surface area contributed by atoms with Crippen molar-refractivity contribution < 1.29 is 9.84 Å². The quantitative estimate of drug-likeness (QED) is 0.574. The van der Waals surface area contributed by atoms with Crippen LogP contribution in [0.15, 0.2) is 23.2 Å². The zero-order valence-electron chi connectivity index (χ0n) is 12.6. The molecule has 116 valence electrons. The Kier molecular flexibility index (Phi) is 5.72. The molecule has 1 aliphatic carbocycles. The lowest BCUT2D eigenvalue weighted by atomic mass is 9.96. The normalized spacial score (nSPS) is 16.7. The number of nitrogens with two attached hydrogens (primary N) is 1. The molecule has 0 atom stereocenters. The van der Waals surface area contributed by atoms with Crippen molar-refractivity contribution in [3.8, 4) is 11.5 Å². The smallest absolute Gasteiger partial charge is 0.188 e. The lowest BCUT2D eigenvalue weighted by molar-refractivity contribution is 0.370. The third-order valence-corrected chi connectivity index (χ3v) is 3.92. The number of methoxy groups -OCH3 is 1. The predicted octanol–water partition coefficient (Wildman–Crippen LogP) is 2.18. The third kappa shape index (κ3) is 4.55. The number of ether oxygens (including phenoxy) is 1. The van der Waals surface area contributed by atoms with Crippen LogP contribution in [-0.2, 0) is 6.42 Å². The monoisotopic (exact) mass is 291 g/mol. The second-order valence-electron chi connectivity index (χ2n) is 5.46. The molecule has 1 saturated carbocycles. The third-order valence-electron chi connectivity index (χ3n) is 3.92. The van der Waals surface area contributed by atoms with E-state index in [0.717, 1.165) is 5.56 Å². The number of aliphatic imine (C=N–C) groups is 1. The Labute approximate surface area is 126 Å². The number of nitrogens with zero attached hydrogens (tertiary/aromatic N) is 1. The van der Waals surface area contributed by atoms with Gasteiger partial charge in [-0.3, -0.25) is 4.99 Å². The molecule has 0 saturated heterocycles. The van der Waals surface area contributed by atoms with Crippen LogP contribution < -0.4 is 15.8 Å². The SMILES string of the molecule is COc1cccc(CCN=C(N)NC2CCCCC2)c1O. The van der Waals surface area contributed by atoms with Gasteiger partial charge in [0.2, 0.25) is 0 Å². The molecule has 1 fully saturated rings. The summed E-state index contributed by atoms with van der Waals surface area (Å²) in [6, 6.07) is 5.94. The van der Waals surface area contributed by atoms with E-state index in [2.05, 4.69) is 10.3 Å². The van der Waals surface area contributed by atoms with Crippen LogP contribution in [0.4, 0.5) is 0 Å². The van der Waals surface area contributed by atoms with Gasteiger partial charge in [-0.25, -0.2) is 0 Å². The molecule has 4 N–H and O–H groups in total. The lowest BCUT2D eigenvalue weighted by Gasteiger charge is -2.23. The van der Waals surface area contributed by atoms with Crippen LogP contribution in [0.5, 0.6) is 11.5 Å². The molecule has 0 heterocycles. The van der Waals surface area contributed by atoms with E-state index in [1.165, 1.54) is 32.1 Å². The summed E-state index contributed by atoms with van der Waals surface area (Å²) < 4.78 is 5.09. The van der Waals surface area contributed by atoms with E-state index < -0.39 is 0 Å². The van der Waals surface area contributed by atoms with Crippen molar-refractivity contribution in [2.24, 2.45) is 10.7 Å². The van der Waals surface area contributed by atoms with Crippen molar-refractivity contribution in [1.29, 1.82) is 0 Å². The number of phenolic OH excluding ortho intramolecular Hbond substituents is 1. The molecule has 0 aliphatic heterocycles. The fourth-order valence-electron chi connectivity index (χ4n) is 2.73. The summed E-state index contributed by atoms with van der Waals surface area (Å²) in [7, 11) is 1.54. The average molecular weight is 291 g/mol.